The van der Waals surface area contributed by atoms with E-state index in [-0.39, 0.29) is 24.1 Å². The molecule has 9 heteroatoms. The van der Waals surface area contributed by atoms with Crippen LogP contribution in [0.3, 0.4) is 0 Å². The zero-order valence-electron chi connectivity index (χ0n) is 16.6. The van der Waals surface area contributed by atoms with E-state index >= 15 is 0 Å². The van der Waals surface area contributed by atoms with Gasteiger partial charge in [0.1, 0.15) is 0 Å². The summed E-state index contributed by atoms with van der Waals surface area (Å²) in [5.74, 6) is -0.253. The molecule has 2 N–H and O–H groups in total. The van der Waals surface area contributed by atoms with E-state index in [2.05, 4.69) is 15.4 Å². The van der Waals surface area contributed by atoms with E-state index in [0.29, 0.717) is 6.54 Å². The highest BCUT2D eigenvalue weighted by Gasteiger charge is 2.31. The fourth-order valence-corrected chi connectivity index (χ4v) is 2.71. The summed E-state index contributed by atoms with van der Waals surface area (Å²) in [6.07, 6.45) is 1.93. The molecule has 1 aromatic rings. The molecule has 1 aliphatic carbocycles. The van der Waals surface area contributed by atoms with Crippen molar-refractivity contribution < 1.29 is 27.8 Å². The zero-order valence-corrected chi connectivity index (χ0v) is 16.6. The van der Waals surface area contributed by atoms with Gasteiger partial charge < -0.3 is 14.8 Å². The third-order valence-corrected chi connectivity index (χ3v) is 3.98. The van der Waals surface area contributed by atoms with Crippen LogP contribution in [0.1, 0.15) is 39.2 Å². The number of benzene rings is 1. The summed E-state index contributed by atoms with van der Waals surface area (Å²) in [5.41, 5.74) is 0.344. The van der Waals surface area contributed by atoms with Crippen LogP contribution in [-0.2, 0) is 11.3 Å². The molecule has 0 unspecified atom stereocenters. The summed E-state index contributed by atoms with van der Waals surface area (Å²) in [7, 11) is 1.37. The van der Waals surface area contributed by atoms with Crippen LogP contribution in [-0.4, -0.2) is 48.7 Å². The molecule has 3 amide bonds. The Hall–Kier alpha value is -2.42. The molecule has 0 atom stereocenters. The number of amides is 3. The van der Waals surface area contributed by atoms with Crippen molar-refractivity contribution in [3.63, 3.8) is 0 Å². The number of alkyl halides is 2. The van der Waals surface area contributed by atoms with Crippen LogP contribution in [0, 0.1) is 0 Å². The summed E-state index contributed by atoms with van der Waals surface area (Å²) in [4.78, 5) is 26.0. The van der Waals surface area contributed by atoms with Crippen molar-refractivity contribution in [2.75, 3.05) is 13.7 Å². The van der Waals surface area contributed by atoms with Crippen molar-refractivity contribution in [1.29, 1.82) is 0 Å². The van der Waals surface area contributed by atoms with Crippen molar-refractivity contribution in [2.45, 2.75) is 58.3 Å². The second-order valence-corrected chi connectivity index (χ2v) is 7.75. The lowest BCUT2D eigenvalue weighted by Gasteiger charge is -2.23. The molecular weight excluding hydrogens is 372 g/mol. The molecule has 1 aromatic carbocycles. The van der Waals surface area contributed by atoms with Crippen LogP contribution in [0.4, 0.5) is 13.6 Å². The first kappa shape index (κ1) is 21.9. The first-order chi connectivity index (χ1) is 13.1. The van der Waals surface area contributed by atoms with E-state index in [0.717, 1.165) is 18.4 Å². The summed E-state index contributed by atoms with van der Waals surface area (Å²) in [6, 6.07) is 4.39. The van der Waals surface area contributed by atoms with Gasteiger partial charge in [-0.2, -0.15) is 8.78 Å². The van der Waals surface area contributed by atoms with Crippen molar-refractivity contribution in [2.24, 2.45) is 0 Å². The summed E-state index contributed by atoms with van der Waals surface area (Å²) < 4.78 is 34.4. The van der Waals surface area contributed by atoms with Crippen LogP contribution in [0.5, 0.6) is 11.5 Å². The molecule has 0 radical (unpaired) electrons. The van der Waals surface area contributed by atoms with Crippen LogP contribution >= 0.6 is 0 Å². The van der Waals surface area contributed by atoms with Gasteiger partial charge in [0.2, 0.25) is 5.91 Å². The van der Waals surface area contributed by atoms with Crippen molar-refractivity contribution in [3.05, 3.63) is 23.8 Å². The number of methoxy groups -OCH3 is 1. The third-order valence-electron chi connectivity index (χ3n) is 3.98. The largest absolute Gasteiger partial charge is 0.493 e. The lowest BCUT2D eigenvalue weighted by atomic mass is 10.1. The third kappa shape index (κ3) is 7.30. The zero-order chi connectivity index (χ0) is 20.9. The van der Waals surface area contributed by atoms with Gasteiger partial charge in [0.25, 0.3) is 0 Å². The number of imide groups is 1. The van der Waals surface area contributed by atoms with Gasteiger partial charge in [-0.3, -0.25) is 15.0 Å². The number of nitrogens with zero attached hydrogens (tertiary/aromatic N) is 1. The normalized spacial score (nSPS) is 14.1. The van der Waals surface area contributed by atoms with Gasteiger partial charge in [0.05, 0.1) is 13.7 Å². The number of urea groups is 1. The second kappa shape index (κ2) is 9.18. The standard InChI is InChI=1S/C19H27F2N3O4/c1-19(2,3)23-18(26)22-16(25)11-24(13-6-7-13)10-12-5-8-14(28-17(20)21)15(9-12)27-4/h5,8-9,13,17H,6-7,10-11H2,1-4H3,(H2,22,23,25,26). The van der Waals surface area contributed by atoms with Crippen LogP contribution in [0.2, 0.25) is 0 Å². The fraction of sp³-hybridized carbons (Fsp3) is 0.579. The average Bonchev–Trinajstić information content (AvgIpc) is 3.38. The molecule has 7 nitrogen and oxygen atoms in total. The van der Waals surface area contributed by atoms with Crippen LogP contribution in [0.25, 0.3) is 0 Å². The molecule has 1 fully saturated rings. The predicted octanol–water partition coefficient (Wildman–Crippen LogP) is 2.89. The molecular formula is C19H27F2N3O4. The number of rotatable bonds is 8. The van der Waals surface area contributed by atoms with Crippen molar-refractivity contribution in [3.8, 4) is 11.5 Å². The number of ether oxygens (including phenoxy) is 2. The topological polar surface area (TPSA) is 79.9 Å². The number of carbonyl (C=O) groups excluding carboxylic acids is 2. The Morgan fingerprint density at radius 3 is 2.46 bits per heavy atom. The maximum atomic E-state index is 12.4. The Kier molecular flexibility index (Phi) is 7.17. The minimum absolute atomic E-state index is 0.0455. The van der Waals surface area contributed by atoms with Crippen LogP contribution < -0.4 is 20.1 Å². The molecule has 0 bridgehead atoms. The van der Waals surface area contributed by atoms with Gasteiger partial charge in [-0.1, -0.05) is 6.07 Å². The van der Waals surface area contributed by atoms with E-state index in [1.54, 1.807) is 12.1 Å². The number of carbonyl (C=O) groups is 2. The number of hydrogen-bond donors (Lipinski definition) is 2. The molecule has 2 rings (SSSR count). The minimum atomic E-state index is -2.94. The minimum Gasteiger partial charge on any atom is -0.493 e. The summed E-state index contributed by atoms with van der Waals surface area (Å²) in [5, 5.41) is 5.00. The number of halogens is 2. The molecule has 1 saturated carbocycles. The Labute approximate surface area is 163 Å². The van der Waals surface area contributed by atoms with Gasteiger partial charge in [-0.05, 0) is 51.3 Å². The fourth-order valence-electron chi connectivity index (χ4n) is 2.71. The van der Waals surface area contributed by atoms with Gasteiger partial charge in [-0.25, -0.2) is 4.79 Å². The van der Waals surface area contributed by atoms with Crippen molar-refractivity contribution >= 4 is 11.9 Å². The highest BCUT2D eigenvalue weighted by molar-refractivity contribution is 5.95. The second-order valence-electron chi connectivity index (χ2n) is 7.75. The monoisotopic (exact) mass is 399 g/mol. The summed E-state index contributed by atoms with van der Waals surface area (Å²) in [6.45, 7) is 3.00. The van der Waals surface area contributed by atoms with E-state index in [4.69, 9.17) is 4.74 Å². The molecule has 1 aliphatic rings. The van der Waals surface area contributed by atoms with Gasteiger partial charge in [-0.15, -0.1) is 0 Å². The molecule has 0 aromatic heterocycles. The predicted molar refractivity (Wildman–Crippen MR) is 99.5 cm³/mol. The Bertz CT molecular complexity index is 703. The molecule has 28 heavy (non-hydrogen) atoms. The highest BCUT2D eigenvalue weighted by atomic mass is 19.3. The van der Waals surface area contributed by atoms with Gasteiger partial charge in [0.15, 0.2) is 11.5 Å². The van der Waals surface area contributed by atoms with Gasteiger partial charge >= 0.3 is 12.6 Å². The average molecular weight is 399 g/mol. The van der Waals surface area contributed by atoms with Crippen molar-refractivity contribution in [1.82, 2.24) is 15.5 Å². The van der Waals surface area contributed by atoms with E-state index < -0.39 is 24.1 Å². The molecule has 156 valence electrons. The van der Waals surface area contributed by atoms with E-state index in [9.17, 15) is 18.4 Å². The van der Waals surface area contributed by atoms with E-state index in [1.165, 1.54) is 13.2 Å². The highest BCUT2D eigenvalue weighted by Crippen LogP contribution is 2.32. The number of nitrogens with one attached hydrogen (secondary N) is 2. The molecule has 0 heterocycles. The SMILES string of the molecule is COc1cc(CN(CC(=O)NC(=O)NC(C)(C)C)C2CC2)ccc1OC(F)F. The number of hydrogen-bond acceptors (Lipinski definition) is 5. The smallest absolute Gasteiger partial charge is 0.387 e. The van der Waals surface area contributed by atoms with Crippen LogP contribution in [0.15, 0.2) is 18.2 Å². The Morgan fingerprint density at radius 1 is 1.25 bits per heavy atom. The lowest BCUT2D eigenvalue weighted by Crippen LogP contribution is -2.50. The maximum absolute atomic E-state index is 12.4. The Balaban J connectivity index is 1.99. The molecule has 0 spiro atoms. The first-order valence-electron chi connectivity index (χ1n) is 9.05. The maximum Gasteiger partial charge on any atom is 0.387 e. The molecule has 0 saturated heterocycles. The lowest BCUT2D eigenvalue weighted by molar-refractivity contribution is -0.121. The quantitative estimate of drug-likeness (QED) is 0.703. The van der Waals surface area contributed by atoms with Gasteiger partial charge in [0, 0.05) is 18.1 Å². The Morgan fingerprint density at radius 2 is 1.93 bits per heavy atom. The summed E-state index contributed by atoms with van der Waals surface area (Å²) >= 11 is 0. The first-order valence-corrected chi connectivity index (χ1v) is 9.05. The molecule has 0 aliphatic heterocycles. The van der Waals surface area contributed by atoms with E-state index in [1.807, 2.05) is 25.7 Å².